The molecule has 1 unspecified atom stereocenters. The van der Waals surface area contributed by atoms with Gasteiger partial charge in [-0.05, 0) is 43.5 Å². The normalized spacial score (nSPS) is 12.0. The number of amides is 2. The monoisotopic (exact) mass is 292 g/mol. The number of carboxylic acid groups (broad SMARTS) is 1. The van der Waals surface area contributed by atoms with Crippen LogP contribution in [-0.2, 0) is 0 Å². The van der Waals surface area contributed by atoms with Crippen LogP contribution in [0.3, 0.4) is 0 Å². The van der Waals surface area contributed by atoms with Gasteiger partial charge in [0.15, 0.2) is 0 Å². The summed E-state index contributed by atoms with van der Waals surface area (Å²) < 4.78 is 0. The predicted molar refractivity (Wildman–Crippen MR) is 83.8 cm³/mol. The van der Waals surface area contributed by atoms with Crippen molar-refractivity contribution in [3.63, 3.8) is 0 Å². The van der Waals surface area contributed by atoms with E-state index >= 15 is 0 Å². The van der Waals surface area contributed by atoms with Crippen molar-refractivity contribution in [3.05, 3.63) is 29.3 Å². The van der Waals surface area contributed by atoms with Crippen LogP contribution in [-0.4, -0.2) is 23.1 Å². The van der Waals surface area contributed by atoms with E-state index in [0.717, 1.165) is 12.8 Å². The molecule has 0 spiro atoms. The van der Waals surface area contributed by atoms with Crippen molar-refractivity contribution in [1.29, 1.82) is 0 Å². The fraction of sp³-hybridized carbons (Fsp3) is 0.500. The lowest BCUT2D eigenvalue weighted by Crippen LogP contribution is -2.40. The molecule has 0 heterocycles. The van der Waals surface area contributed by atoms with Crippen molar-refractivity contribution in [2.24, 2.45) is 5.92 Å². The minimum atomic E-state index is -0.967. The number of carboxylic acids is 1. The summed E-state index contributed by atoms with van der Waals surface area (Å²) >= 11 is 0. The highest BCUT2D eigenvalue weighted by molar-refractivity contribution is 5.92. The third-order valence-corrected chi connectivity index (χ3v) is 3.83. The molecule has 0 saturated heterocycles. The first kappa shape index (κ1) is 17.0. The van der Waals surface area contributed by atoms with E-state index in [-0.39, 0.29) is 17.6 Å². The van der Waals surface area contributed by atoms with Gasteiger partial charge in [-0.3, -0.25) is 0 Å². The second-order valence-electron chi connectivity index (χ2n) is 5.30. The fourth-order valence-corrected chi connectivity index (χ4v) is 2.47. The van der Waals surface area contributed by atoms with Crippen molar-refractivity contribution in [3.8, 4) is 0 Å². The summed E-state index contributed by atoms with van der Waals surface area (Å²) in [6, 6.07) is 4.58. The topological polar surface area (TPSA) is 78.4 Å². The molecule has 0 aliphatic rings. The average Bonchev–Trinajstić information content (AvgIpc) is 2.39. The summed E-state index contributed by atoms with van der Waals surface area (Å²) in [4.78, 5) is 22.9. The number of benzene rings is 1. The van der Waals surface area contributed by atoms with Crippen molar-refractivity contribution in [2.75, 3.05) is 5.32 Å². The molecule has 0 bridgehead atoms. The molecule has 0 aliphatic heterocycles. The van der Waals surface area contributed by atoms with Crippen molar-refractivity contribution >= 4 is 17.7 Å². The van der Waals surface area contributed by atoms with E-state index in [9.17, 15) is 9.59 Å². The Morgan fingerprint density at radius 2 is 1.86 bits per heavy atom. The van der Waals surface area contributed by atoms with E-state index in [2.05, 4.69) is 24.5 Å². The maximum Gasteiger partial charge on any atom is 0.335 e. The first-order valence-corrected chi connectivity index (χ1v) is 7.30. The van der Waals surface area contributed by atoms with Crippen LogP contribution in [0.4, 0.5) is 10.5 Å². The van der Waals surface area contributed by atoms with Crippen molar-refractivity contribution in [1.82, 2.24) is 5.32 Å². The molecular formula is C16H24N2O3. The van der Waals surface area contributed by atoms with Gasteiger partial charge in [0.05, 0.1) is 5.56 Å². The van der Waals surface area contributed by atoms with Gasteiger partial charge in [0.2, 0.25) is 0 Å². The molecule has 1 aromatic rings. The van der Waals surface area contributed by atoms with Gasteiger partial charge in [-0.15, -0.1) is 0 Å². The number of aryl methyl sites for hydroxylation is 1. The minimum absolute atomic E-state index is 0.0967. The Morgan fingerprint density at radius 3 is 2.33 bits per heavy atom. The van der Waals surface area contributed by atoms with Gasteiger partial charge in [0, 0.05) is 11.7 Å². The largest absolute Gasteiger partial charge is 0.478 e. The molecule has 1 atom stereocenters. The number of rotatable bonds is 6. The Labute approximate surface area is 125 Å². The number of hydrogen-bond donors (Lipinski definition) is 3. The van der Waals surface area contributed by atoms with Crippen LogP contribution in [0.5, 0.6) is 0 Å². The number of carbonyl (C=O) groups is 2. The van der Waals surface area contributed by atoms with E-state index in [1.807, 2.05) is 6.92 Å². The lowest BCUT2D eigenvalue weighted by atomic mass is 9.96. The van der Waals surface area contributed by atoms with Crippen molar-refractivity contribution in [2.45, 2.75) is 46.6 Å². The Balaban J connectivity index is 2.67. The van der Waals surface area contributed by atoms with Gasteiger partial charge in [-0.1, -0.05) is 26.7 Å². The summed E-state index contributed by atoms with van der Waals surface area (Å²) in [5.74, 6) is -0.516. The van der Waals surface area contributed by atoms with Gasteiger partial charge < -0.3 is 15.7 Å². The van der Waals surface area contributed by atoms with Crippen LogP contribution in [0.1, 0.15) is 49.5 Å². The summed E-state index contributed by atoms with van der Waals surface area (Å²) in [6.45, 7) is 7.92. The van der Waals surface area contributed by atoms with Crippen LogP contribution in [0.15, 0.2) is 18.2 Å². The Kier molecular flexibility index (Phi) is 6.21. The molecule has 116 valence electrons. The maximum atomic E-state index is 12.0. The van der Waals surface area contributed by atoms with Gasteiger partial charge in [0.1, 0.15) is 0 Å². The Morgan fingerprint density at radius 1 is 1.24 bits per heavy atom. The maximum absolute atomic E-state index is 12.0. The minimum Gasteiger partial charge on any atom is -0.478 e. The zero-order chi connectivity index (χ0) is 16.0. The Bertz CT molecular complexity index is 510. The lowest BCUT2D eigenvalue weighted by Gasteiger charge is -2.22. The number of anilines is 1. The summed E-state index contributed by atoms with van der Waals surface area (Å²) in [5, 5.41) is 14.6. The number of aromatic carboxylic acids is 1. The number of hydrogen-bond acceptors (Lipinski definition) is 2. The van der Waals surface area contributed by atoms with E-state index in [1.54, 1.807) is 19.1 Å². The van der Waals surface area contributed by atoms with E-state index in [1.165, 1.54) is 6.07 Å². The molecular weight excluding hydrogens is 268 g/mol. The van der Waals surface area contributed by atoms with E-state index < -0.39 is 5.97 Å². The van der Waals surface area contributed by atoms with E-state index in [4.69, 9.17) is 5.11 Å². The third kappa shape index (κ3) is 4.77. The molecule has 1 aromatic carbocycles. The van der Waals surface area contributed by atoms with Gasteiger partial charge >= 0.3 is 12.0 Å². The van der Waals surface area contributed by atoms with Crippen LogP contribution in [0.25, 0.3) is 0 Å². The molecule has 0 fully saturated rings. The first-order valence-electron chi connectivity index (χ1n) is 7.30. The molecule has 0 radical (unpaired) electrons. The van der Waals surface area contributed by atoms with Crippen LogP contribution >= 0.6 is 0 Å². The molecule has 0 aromatic heterocycles. The molecule has 2 amide bonds. The van der Waals surface area contributed by atoms with Crippen molar-refractivity contribution < 1.29 is 14.7 Å². The van der Waals surface area contributed by atoms with Gasteiger partial charge in [-0.2, -0.15) is 0 Å². The molecule has 1 rings (SSSR count). The Hall–Kier alpha value is -2.04. The highest BCUT2D eigenvalue weighted by atomic mass is 16.4. The quantitative estimate of drug-likeness (QED) is 0.749. The van der Waals surface area contributed by atoms with Crippen LogP contribution in [0.2, 0.25) is 0 Å². The molecule has 0 aliphatic carbocycles. The second kappa shape index (κ2) is 7.67. The third-order valence-electron chi connectivity index (χ3n) is 3.83. The lowest BCUT2D eigenvalue weighted by molar-refractivity contribution is 0.0696. The van der Waals surface area contributed by atoms with Gasteiger partial charge in [-0.25, -0.2) is 9.59 Å². The van der Waals surface area contributed by atoms with E-state index in [0.29, 0.717) is 17.2 Å². The SMILES string of the molecule is CCC(CC)C(C)NC(=O)Nc1ccc(C(=O)O)c(C)c1. The number of carbonyl (C=O) groups excluding carboxylic acids is 1. The number of urea groups is 1. The zero-order valence-corrected chi connectivity index (χ0v) is 13.1. The van der Waals surface area contributed by atoms with Crippen LogP contribution in [0, 0.1) is 12.8 Å². The highest BCUT2D eigenvalue weighted by Gasteiger charge is 2.16. The molecule has 3 N–H and O–H groups in total. The molecule has 21 heavy (non-hydrogen) atoms. The zero-order valence-electron chi connectivity index (χ0n) is 13.1. The smallest absolute Gasteiger partial charge is 0.335 e. The molecule has 5 nitrogen and oxygen atoms in total. The second-order valence-corrected chi connectivity index (χ2v) is 5.30. The summed E-state index contributed by atoms with van der Waals surface area (Å²) in [6.07, 6.45) is 2.04. The molecule has 5 heteroatoms. The molecule has 0 saturated carbocycles. The average molecular weight is 292 g/mol. The summed E-state index contributed by atoms with van der Waals surface area (Å²) in [7, 11) is 0. The van der Waals surface area contributed by atoms with Crippen LogP contribution < -0.4 is 10.6 Å². The number of nitrogens with one attached hydrogen (secondary N) is 2. The van der Waals surface area contributed by atoms with Gasteiger partial charge in [0.25, 0.3) is 0 Å². The first-order chi connectivity index (χ1) is 9.88. The predicted octanol–water partition coefficient (Wildman–Crippen LogP) is 3.64. The standard InChI is InChI=1S/C16H24N2O3/c1-5-12(6-2)11(4)17-16(21)18-13-7-8-14(15(19)20)10(3)9-13/h7-9,11-12H,5-6H2,1-4H3,(H,19,20)(H2,17,18,21). The fourth-order valence-electron chi connectivity index (χ4n) is 2.47. The highest BCUT2D eigenvalue weighted by Crippen LogP contribution is 2.16. The summed E-state index contributed by atoms with van der Waals surface area (Å²) in [5.41, 5.74) is 1.45.